The zero-order chi connectivity index (χ0) is 45.1. The van der Waals surface area contributed by atoms with Gasteiger partial charge in [-0.1, -0.05) is 224 Å². The van der Waals surface area contributed by atoms with Crippen molar-refractivity contribution < 1.29 is 28.6 Å². The van der Waals surface area contributed by atoms with Crippen LogP contribution >= 0.6 is 0 Å². The van der Waals surface area contributed by atoms with Crippen LogP contribution in [-0.4, -0.2) is 37.2 Å². The Morgan fingerprint density at radius 2 is 0.581 bits per heavy atom. The Morgan fingerprint density at radius 3 is 0.919 bits per heavy atom. The molecule has 0 aliphatic heterocycles. The molecule has 362 valence electrons. The van der Waals surface area contributed by atoms with E-state index in [1.165, 1.54) is 173 Å². The maximum absolute atomic E-state index is 12.8. The fourth-order valence-corrected chi connectivity index (χ4v) is 7.76. The standard InChI is InChI=1S/C56H102O6/c1-4-7-10-13-16-19-21-23-25-27-29-30-32-34-37-40-43-46-49-55(58)61-52-53(51-60-54(57)48-45-42-39-36-18-15-12-9-6-3)62-56(59)50-47-44-41-38-35-33-31-28-26-24-22-20-17-14-11-8-5-2/h19,21,24-27,53H,4-18,20,22-23,28-52H2,1-3H3/b21-19-,26-24-,27-25-. The van der Waals surface area contributed by atoms with Crippen molar-refractivity contribution in [3.63, 3.8) is 0 Å². The van der Waals surface area contributed by atoms with Crippen LogP contribution in [0, 0.1) is 0 Å². The Kier molecular flexibility index (Phi) is 49.3. The van der Waals surface area contributed by atoms with Gasteiger partial charge in [0, 0.05) is 19.3 Å². The maximum atomic E-state index is 12.8. The third kappa shape index (κ3) is 48.7. The van der Waals surface area contributed by atoms with Gasteiger partial charge in [0.15, 0.2) is 6.10 Å². The molecule has 0 saturated carbocycles. The number of hydrogen-bond donors (Lipinski definition) is 0. The van der Waals surface area contributed by atoms with Gasteiger partial charge >= 0.3 is 17.9 Å². The first-order valence-corrected chi connectivity index (χ1v) is 27.0. The molecule has 0 rings (SSSR count). The number of unbranched alkanes of at least 4 members (excludes halogenated alkanes) is 32. The van der Waals surface area contributed by atoms with Crippen LogP contribution in [0.25, 0.3) is 0 Å². The van der Waals surface area contributed by atoms with Crippen molar-refractivity contribution in [2.75, 3.05) is 13.2 Å². The lowest BCUT2D eigenvalue weighted by atomic mass is 10.1. The summed E-state index contributed by atoms with van der Waals surface area (Å²) in [5.41, 5.74) is 0. The number of esters is 3. The van der Waals surface area contributed by atoms with E-state index >= 15 is 0 Å². The van der Waals surface area contributed by atoms with Gasteiger partial charge in [0.25, 0.3) is 0 Å². The molecule has 0 N–H and O–H groups in total. The van der Waals surface area contributed by atoms with Crippen LogP contribution in [0.3, 0.4) is 0 Å². The molecule has 0 aliphatic rings. The fraction of sp³-hybridized carbons (Fsp3) is 0.839. The minimum absolute atomic E-state index is 0.0739. The molecule has 0 aromatic heterocycles. The highest BCUT2D eigenvalue weighted by Crippen LogP contribution is 2.15. The molecule has 62 heavy (non-hydrogen) atoms. The first-order valence-electron chi connectivity index (χ1n) is 27.0. The molecule has 1 unspecified atom stereocenters. The third-order valence-corrected chi connectivity index (χ3v) is 11.9. The Balaban J connectivity index is 4.30. The number of ether oxygens (including phenoxy) is 3. The summed E-state index contributed by atoms with van der Waals surface area (Å²) in [6.07, 6.45) is 59.9. The highest BCUT2D eigenvalue weighted by atomic mass is 16.6. The van der Waals surface area contributed by atoms with E-state index in [2.05, 4.69) is 57.2 Å². The number of hydrogen-bond acceptors (Lipinski definition) is 6. The largest absolute Gasteiger partial charge is 0.462 e. The number of allylic oxidation sites excluding steroid dienone is 6. The summed E-state index contributed by atoms with van der Waals surface area (Å²) in [7, 11) is 0. The Hall–Kier alpha value is -2.37. The van der Waals surface area contributed by atoms with Crippen molar-refractivity contribution in [3.05, 3.63) is 36.5 Å². The lowest BCUT2D eigenvalue weighted by Crippen LogP contribution is -2.30. The lowest BCUT2D eigenvalue weighted by molar-refractivity contribution is -0.167. The van der Waals surface area contributed by atoms with Crippen LogP contribution in [0.2, 0.25) is 0 Å². The van der Waals surface area contributed by atoms with Crippen LogP contribution in [0.15, 0.2) is 36.5 Å². The van der Waals surface area contributed by atoms with Crippen LogP contribution in [0.4, 0.5) is 0 Å². The van der Waals surface area contributed by atoms with Crippen molar-refractivity contribution in [2.45, 2.75) is 290 Å². The number of rotatable bonds is 49. The van der Waals surface area contributed by atoms with Gasteiger partial charge in [0.1, 0.15) is 13.2 Å². The predicted molar refractivity (Wildman–Crippen MR) is 266 cm³/mol. The monoisotopic (exact) mass is 871 g/mol. The van der Waals surface area contributed by atoms with Crippen LogP contribution in [0.1, 0.15) is 284 Å². The van der Waals surface area contributed by atoms with Crippen LogP contribution < -0.4 is 0 Å². The lowest BCUT2D eigenvalue weighted by Gasteiger charge is -2.18. The first kappa shape index (κ1) is 59.6. The van der Waals surface area contributed by atoms with E-state index in [-0.39, 0.29) is 31.1 Å². The van der Waals surface area contributed by atoms with E-state index in [1.807, 2.05) is 0 Å². The van der Waals surface area contributed by atoms with Gasteiger partial charge in [-0.05, 0) is 77.0 Å². The van der Waals surface area contributed by atoms with Gasteiger partial charge in [-0.3, -0.25) is 14.4 Å². The van der Waals surface area contributed by atoms with Gasteiger partial charge in [0.2, 0.25) is 0 Å². The summed E-state index contributed by atoms with van der Waals surface area (Å²) in [5.74, 6) is -0.878. The topological polar surface area (TPSA) is 78.9 Å². The highest BCUT2D eigenvalue weighted by molar-refractivity contribution is 5.71. The van der Waals surface area contributed by atoms with E-state index in [4.69, 9.17) is 14.2 Å². The smallest absolute Gasteiger partial charge is 0.306 e. The molecule has 0 heterocycles. The quantitative estimate of drug-likeness (QED) is 0.0262. The zero-order valence-corrected chi connectivity index (χ0v) is 41.4. The molecule has 1 atom stereocenters. The van der Waals surface area contributed by atoms with E-state index in [1.54, 1.807) is 0 Å². The van der Waals surface area contributed by atoms with E-state index in [0.29, 0.717) is 19.3 Å². The van der Waals surface area contributed by atoms with Crippen LogP contribution in [0.5, 0.6) is 0 Å². The summed E-state index contributed by atoms with van der Waals surface area (Å²) >= 11 is 0. The Labute approximate surface area is 385 Å². The molecular formula is C56H102O6. The maximum Gasteiger partial charge on any atom is 0.306 e. The molecule has 0 saturated heterocycles. The van der Waals surface area contributed by atoms with Crippen LogP contribution in [-0.2, 0) is 28.6 Å². The van der Waals surface area contributed by atoms with Gasteiger partial charge in [-0.25, -0.2) is 0 Å². The van der Waals surface area contributed by atoms with Crippen molar-refractivity contribution >= 4 is 17.9 Å². The number of carbonyl (C=O) groups is 3. The molecule has 0 fully saturated rings. The normalized spacial score (nSPS) is 12.2. The second-order valence-electron chi connectivity index (χ2n) is 18.1. The minimum Gasteiger partial charge on any atom is -0.462 e. The fourth-order valence-electron chi connectivity index (χ4n) is 7.76. The molecule has 0 bridgehead atoms. The average Bonchev–Trinajstić information content (AvgIpc) is 3.27. The molecule has 0 aromatic carbocycles. The first-order chi connectivity index (χ1) is 30.5. The van der Waals surface area contributed by atoms with Gasteiger partial charge in [0.05, 0.1) is 0 Å². The summed E-state index contributed by atoms with van der Waals surface area (Å²) in [4.78, 5) is 37.9. The summed E-state index contributed by atoms with van der Waals surface area (Å²) in [6, 6.07) is 0. The SMILES string of the molecule is CCCCCC/C=C\C/C=C\CCCCCCCCCC(=O)OCC(COC(=O)CCCCCCCCCCC)OC(=O)CCCCCCCCC/C=C\CCCCCCCC. The third-order valence-electron chi connectivity index (χ3n) is 11.9. The van der Waals surface area contributed by atoms with Crippen molar-refractivity contribution in [2.24, 2.45) is 0 Å². The summed E-state index contributed by atoms with van der Waals surface area (Å²) in [6.45, 7) is 6.61. The number of carbonyl (C=O) groups excluding carboxylic acids is 3. The van der Waals surface area contributed by atoms with E-state index in [9.17, 15) is 14.4 Å². The second-order valence-corrected chi connectivity index (χ2v) is 18.1. The van der Waals surface area contributed by atoms with Crippen molar-refractivity contribution in [3.8, 4) is 0 Å². The summed E-state index contributed by atoms with van der Waals surface area (Å²) < 4.78 is 16.8. The second kappa shape index (κ2) is 51.3. The molecule has 6 nitrogen and oxygen atoms in total. The molecule has 6 heteroatoms. The Bertz CT molecular complexity index is 1050. The molecular weight excluding hydrogens is 769 g/mol. The van der Waals surface area contributed by atoms with Gasteiger partial charge < -0.3 is 14.2 Å². The Morgan fingerprint density at radius 1 is 0.323 bits per heavy atom. The van der Waals surface area contributed by atoms with Crippen molar-refractivity contribution in [1.82, 2.24) is 0 Å². The molecule has 0 aliphatic carbocycles. The van der Waals surface area contributed by atoms with E-state index in [0.717, 1.165) is 70.6 Å². The zero-order valence-electron chi connectivity index (χ0n) is 41.4. The summed E-state index contributed by atoms with van der Waals surface area (Å²) in [5, 5.41) is 0. The molecule has 0 radical (unpaired) electrons. The highest BCUT2D eigenvalue weighted by Gasteiger charge is 2.19. The predicted octanol–water partition coefficient (Wildman–Crippen LogP) is 17.7. The van der Waals surface area contributed by atoms with Gasteiger partial charge in [-0.2, -0.15) is 0 Å². The average molecular weight is 871 g/mol. The minimum atomic E-state index is -0.773. The molecule has 0 spiro atoms. The molecule has 0 aromatic rings. The molecule has 0 amide bonds. The van der Waals surface area contributed by atoms with E-state index < -0.39 is 6.10 Å². The van der Waals surface area contributed by atoms with Crippen molar-refractivity contribution in [1.29, 1.82) is 0 Å². The van der Waals surface area contributed by atoms with Gasteiger partial charge in [-0.15, -0.1) is 0 Å².